The van der Waals surface area contributed by atoms with Crippen LogP contribution in [0.1, 0.15) is 23.7 Å². The van der Waals surface area contributed by atoms with Gasteiger partial charge in [-0.05, 0) is 6.92 Å². The molecular weight excluding hydrogens is 282 g/mol. The number of rotatable bonds is 5. The molecule has 0 amide bonds. The second-order valence-corrected chi connectivity index (χ2v) is 4.87. The van der Waals surface area contributed by atoms with E-state index >= 15 is 0 Å². The summed E-state index contributed by atoms with van der Waals surface area (Å²) in [7, 11) is 0. The van der Waals surface area contributed by atoms with Gasteiger partial charge in [0.25, 0.3) is 0 Å². The van der Waals surface area contributed by atoms with Gasteiger partial charge in [-0.25, -0.2) is 9.78 Å². The molecule has 1 aliphatic rings. The number of ether oxygens (including phenoxy) is 1. The summed E-state index contributed by atoms with van der Waals surface area (Å²) in [5.74, 6) is -1.27. The van der Waals surface area contributed by atoms with E-state index in [9.17, 15) is 20.0 Å². The van der Waals surface area contributed by atoms with Gasteiger partial charge in [0.15, 0.2) is 0 Å². The zero-order chi connectivity index (χ0) is 15.6. The highest BCUT2D eigenvalue weighted by Crippen LogP contribution is 2.26. The number of hydrogen-bond acceptors (Lipinski definition) is 7. The molecule has 1 saturated heterocycles. The van der Waals surface area contributed by atoms with Gasteiger partial charge in [-0.2, -0.15) is 0 Å². The van der Waals surface area contributed by atoms with Crippen molar-refractivity contribution in [2.75, 3.05) is 18.5 Å². The molecule has 0 bridgehead atoms. The Morgan fingerprint density at radius 2 is 2.43 bits per heavy atom. The van der Waals surface area contributed by atoms with Gasteiger partial charge < -0.3 is 20.3 Å². The first-order valence-electron chi connectivity index (χ1n) is 6.29. The average molecular weight is 297 g/mol. The number of carbonyl (C=O) groups is 1. The minimum absolute atomic E-state index is 0.109. The third kappa shape index (κ3) is 3.09. The van der Waals surface area contributed by atoms with Gasteiger partial charge in [0.2, 0.25) is 0 Å². The lowest BCUT2D eigenvalue weighted by Gasteiger charge is -2.26. The quantitative estimate of drug-likeness (QED) is 0.532. The Labute approximate surface area is 119 Å². The molecule has 1 aromatic rings. The summed E-state index contributed by atoms with van der Waals surface area (Å²) >= 11 is 0. The molecule has 2 unspecified atom stereocenters. The third-order valence-electron chi connectivity index (χ3n) is 3.55. The fourth-order valence-electron chi connectivity index (χ4n) is 2.11. The summed E-state index contributed by atoms with van der Waals surface area (Å²) in [6, 6.07) is 1.07. The molecule has 0 spiro atoms. The molecule has 114 valence electrons. The molecule has 1 fully saturated rings. The van der Waals surface area contributed by atoms with Crippen molar-refractivity contribution in [2.45, 2.75) is 25.0 Å². The van der Waals surface area contributed by atoms with Crippen molar-refractivity contribution in [3.8, 4) is 0 Å². The molecule has 2 atom stereocenters. The minimum Gasteiger partial charge on any atom is -0.477 e. The van der Waals surface area contributed by atoms with E-state index < -0.39 is 27.7 Å². The van der Waals surface area contributed by atoms with Crippen molar-refractivity contribution in [1.82, 2.24) is 4.98 Å². The maximum absolute atomic E-state index is 11.0. The van der Waals surface area contributed by atoms with Crippen molar-refractivity contribution in [3.05, 3.63) is 27.9 Å². The van der Waals surface area contributed by atoms with Crippen LogP contribution in [0.15, 0.2) is 12.3 Å². The topological polar surface area (TPSA) is 135 Å². The highest BCUT2D eigenvalue weighted by molar-refractivity contribution is 5.93. The number of pyridine rings is 1. The van der Waals surface area contributed by atoms with E-state index in [4.69, 9.17) is 9.84 Å². The normalized spacial score (nSPS) is 24.8. The van der Waals surface area contributed by atoms with Gasteiger partial charge in [0, 0.05) is 25.6 Å². The van der Waals surface area contributed by atoms with Crippen molar-refractivity contribution in [1.29, 1.82) is 0 Å². The molecule has 21 heavy (non-hydrogen) atoms. The van der Waals surface area contributed by atoms with E-state index in [0.29, 0.717) is 13.0 Å². The first-order valence-corrected chi connectivity index (χ1v) is 6.29. The van der Waals surface area contributed by atoms with E-state index in [0.717, 1.165) is 12.3 Å². The van der Waals surface area contributed by atoms with Gasteiger partial charge in [-0.15, -0.1) is 0 Å². The van der Waals surface area contributed by atoms with E-state index in [1.807, 2.05) is 0 Å². The molecule has 9 nitrogen and oxygen atoms in total. The molecule has 9 heteroatoms. The Morgan fingerprint density at radius 1 is 1.71 bits per heavy atom. The molecule has 0 aliphatic carbocycles. The third-order valence-corrected chi connectivity index (χ3v) is 3.55. The van der Waals surface area contributed by atoms with Gasteiger partial charge in [-0.1, -0.05) is 0 Å². The van der Waals surface area contributed by atoms with Crippen molar-refractivity contribution in [2.24, 2.45) is 0 Å². The first kappa shape index (κ1) is 15.1. The van der Waals surface area contributed by atoms with Crippen LogP contribution in [0, 0.1) is 10.1 Å². The molecule has 0 aromatic carbocycles. The zero-order valence-corrected chi connectivity index (χ0v) is 11.3. The molecule has 2 rings (SSSR count). The smallest absolute Gasteiger partial charge is 0.342 e. The van der Waals surface area contributed by atoms with E-state index in [2.05, 4.69) is 10.3 Å². The maximum Gasteiger partial charge on any atom is 0.342 e. The Morgan fingerprint density at radius 3 is 2.95 bits per heavy atom. The Kier molecular flexibility index (Phi) is 4.05. The lowest BCUT2D eigenvalue weighted by molar-refractivity contribution is -0.385. The van der Waals surface area contributed by atoms with Gasteiger partial charge in [0.05, 0.1) is 11.0 Å². The summed E-state index contributed by atoms with van der Waals surface area (Å²) in [6.07, 6.45) is 0.964. The Hall–Kier alpha value is -2.26. The molecule has 1 aliphatic heterocycles. The monoisotopic (exact) mass is 297 g/mol. The van der Waals surface area contributed by atoms with Gasteiger partial charge in [-0.3, -0.25) is 10.1 Å². The SMILES string of the molecule is CC1OCCC1(O)CNc1cc(C(=O)O)c([N+](=O)[O-])cn1. The number of aromatic carboxylic acids is 1. The van der Waals surface area contributed by atoms with Crippen molar-refractivity contribution in [3.63, 3.8) is 0 Å². The van der Waals surface area contributed by atoms with Gasteiger partial charge in [0.1, 0.15) is 23.2 Å². The van der Waals surface area contributed by atoms with E-state index in [1.54, 1.807) is 6.92 Å². The van der Waals surface area contributed by atoms with Crippen LogP contribution in [0.4, 0.5) is 11.5 Å². The number of nitrogens with one attached hydrogen (secondary N) is 1. The molecule has 3 N–H and O–H groups in total. The standard InChI is InChI=1S/C12H15N3O6/c1-7-12(18,2-3-21-7)6-14-10-4-8(11(16)17)9(5-13-10)15(19)20/h4-5,7,18H,2-3,6H2,1H3,(H,13,14)(H,16,17). The minimum atomic E-state index is -1.41. The predicted octanol–water partition coefficient (Wildman–Crippen LogP) is 0.640. The number of aliphatic hydroxyl groups is 1. The van der Waals surface area contributed by atoms with E-state index in [1.165, 1.54) is 0 Å². The number of carboxylic acid groups (broad SMARTS) is 1. The molecule has 1 aromatic heterocycles. The van der Waals surface area contributed by atoms with Crippen LogP contribution in [0.5, 0.6) is 0 Å². The molecule has 2 heterocycles. The second kappa shape index (κ2) is 5.62. The average Bonchev–Trinajstić information content (AvgIpc) is 2.76. The highest BCUT2D eigenvalue weighted by atomic mass is 16.6. The fourth-order valence-corrected chi connectivity index (χ4v) is 2.11. The van der Waals surface area contributed by atoms with Crippen LogP contribution < -0.4 is 5.32 Å². The first-order chi connectivity index (χ1) is 9.83. The summed E-state index contributed by atoms with van der Waals surface area (Å²) in [4.78, 5) is 24.7. The summed E-state index contributed by atoms with van der Waals surface area (Å²) in [5.41, 5.74) is -2.11. The fraction of sp³-hybridized carbons (Fsp3) is 0.500. The van der Waals surface area contributed by atoms with Crippen LogP contribution in [0.3, 0.4) is 0 Å². The maximum atomic E-state index is 11.0. The van der Waals surface area contributed by atoms with Crippen LogP contribution >= 0.6 is 0 Å². The number of carboxylic acids is 1. The highest BCUT2D eigenvalue weighted by Gasteiger charge is 2.39. The van der Waals surface area contributed by atoms with Crippen LogP contribution in [-0.2, 0) is 4.74 Å². The molecular formula is C12H15N3O6. The van der Waals surface area contributed by atoms with Crippen LogP contribution in [-0.4, -0.2) is 50.9 Å². The largest absolute Gasteiger partial charge is 0.477 e. The van der Waals surface area contributed by atoms with Crippen LogP contribution in [0.25, 0.3) is 0 Å². The van der Waals surface area contributed by atoms with Crippen LogP contribution in [0.2, 0.25) is 0 Å². The molecule has 0 saturated carbocycles. The lowest BCUT2D eigenvalue weighted by Crippen LogP contribution is -2.43. The number of aromatic nitrogens is 1. The van der Waals surface area contributed by atoms with Crippen molar-refractivity contribution >= 4 is 17.5 Å². The summed E-state index contributed by atoms with van der Waals surface area (Å²) in [6.45, 7) is 2.28. The summed E-state index contributed by atoms with van der Waals surface area (Å²) in [5, 5.41) is 32.8. The van der Waals surface area contributed by atoms with E-state index in [-0.39, 0.29) is 18.5 Å². The Bertz CT molecular complexity index is 578. The Balaban J connectivity index is 2.16. The molecule has 0 radical (unpaired) electrons. The second-order valence-electron chi connectivity index (χ2n) is 4.87. The number of nitro groups is 1. The predicted molar refractivity (Wildman–Crippen MR) is 71.3 cm³/mol. The van der Waals surface area contributed by atoms with Crippen molar-refractivity contribution < 1.29 is 24.7 Å². The summed E-state index contributed by atoms with van der Waals surface area (Å²) < 4.78 is 5.28. The number of anilines is 1. The zero-order valence-electron chi connectivity index (χ0n) is 11.3. The number of nitrogens with zero attached hydrogens (tertiary/aromatic N) is 2. The number of hydrogen-bond donors (Lipinski definition) is 3. The lowest BCUT2D eigenvalue weighted by atomic mass is 9.97. The van der Waals surface area contributed by atoms with Gasteiger partial charge >= 0.3 is 11.7 Å².